The number of amides is 3. The molecule has 6 heteroatoms. The average molecular weight is 238 g/mol. The Kier molecular flexibility index (Phi) is 4.45. The molecule has 0 fully saturated rings. The first-order chi connectivity index (χ1) is 8.04. The molecule has 0 unspecified atom stereocenters. The normalized spacial score (nSPS) is 14.1. The highest BCUT2D eigenvalue weighted by Gasteiger charge is 2.23. The molecule has 1 aliphatic heterocycles. The van der Waals surface area contributed by atoms with Crippen LogP contribution in [0.5, 0.6) is 0 Å². The molecule has 0 aliphatic carbocycles. The quantitative estimate of drug-likeness (QED) is 0.519. The van der Waals surface area contributed by atoms with E-state index in [1.54, 1.807) is 6.92 Å². The SMILES string of the molecule is C=C(NC(=O)CCN1C(=O)C=CC1=O)OCC. The maximum absolute atomic E-state index is 11.4. The summed E-state index contributed by atoms with van der Waals surface area (Å²) in [4.78, 5) is 34.7. The summed E-state index contributed by atoms with van der Waals surface area (Å²) < 4.78 is 4.94. The van der Waals surface area contributed by atoms with E-state index in [0.29, 0.717) is 6.61 Å². The average Bonchev–Trinajstić information content (AvgIpc) is 2.56. The molecule has 0 aromatic carbocycles. The van der Waals surface area contributed by atoms with Crippen molar-refractivity contribution < 1.29 is 19.1 Å². The van der Waals surface area contributed by atoms with Gasteiger partial charge in [-0.3, -0.25) is 24.6 Å². The largest absolute Gasteiger partial charge is 0.480 e. The number of hydrogen-bond acceptors (Lipinski definition) is 4. The number of ether oxygens (including phenoxy) is 1. The van der Waals surface area contributed by atoms with Crippen LogP contribution >= 0.6 is 0 Å². The van der Waals surface area contributed by atoms with Gasteiger partial charge in [-0.2, -0.15) is 0 Å². The first-order valence-corrected chi connectivity index (χ1v) is 5.19. The third-order valence-electron chi connectivity index (χ3n) is 2.06. The molecule has 1 aliphatic rings. The van der Waals surface area contributed by atoms with E-state index in [4.69, 9.17) is 4.74 Å². The summed E-state index contributed by atoms with van der Waals surface area (Å²) in [6, 6.07) is 0. The number of carbonyl (C=O) groups excluding carboxylic acids is 3. The molecule has 0 saturated carbocycles. The maximum Gasteiger partial charge on any atom is 0.253 e. The Morgan fingerprint density at radius 1 is 1.41 bits per heavy atom. The molecule has 0 radical (unpaired) electrons. The van der Waals surface area contributed by atoms with Crippen molar-refractivity contribution in [3.8, 4) is 0 Å². The fourth-order valence-electron chi connectivity index (χ4n) is 1.29. The molecule has 1 heterocycles. The van der Waals surface area contributed by atoms with E-state index in [1.807, 2.05) is 0 Å². The minimum absolute atomic E-state index is 0.0191. The van der Waals surface area contributed by atoms with Crippen LogP contribution in [0.3, 0.4) is 0 Å². The number of nitrogens with zero attached hydrogens (tertiary/aromatic N) is 1. The van der Waals surface area contributed by atoms with Gasteiger partial charge in [-0.1, -0.05) is 0 Å². The predicted molar refractivity (Wildman–Crippen MR) is 59.4 cm³/mol. The smallest absolute Gasteiger partial charge is 0.253 e. The molecule has 17 heavy (non-hydrogen) atoms. The highest BCUT2D eigenvalue weighted by atomic mass is 16.5. The number of nitrogens with one attached hydrogen (secondary N) is 1. The first kappa shape index (κ1) is 13.0. The van der Waals surface area contributed by atoms with Gasteiger partial charge in [-0.15, -0.1) is 0 Å². The summed E-state index contributed by atoms with van der Waals surface area (Å²) >= 11 is 0. The maximum atomic E-state index is 11.4. The molecule has 0 saturated heterocycles. The molecule has 0 aromatic heterocycles. The molecule has 1 N–H and O–H groups in total. The van der Waals surface area contributed by atoms with Crippen LogP contribution in [-0.2, 0) is 19.1 Å². The molecule has 0 aromatic rings. The van der Waals surface area contributed by atoms with Crippen LogP contribution in [0.1, 0.15) is 13.3 Å². The van der Waals surface area contributed by atoms with Crippen LogP contribution in [0.15, 0.2) is 24.6 Å². The van der Waals surface area contributed by atoms with Gasteiger partial charge in [-0.25, -0.2) is 0 Å². The van der Waals surface area contributed by atoms with Gasteiger partial charge in [-0.05, 0) is 13.5 Å². The highest BCUT2D eigenvalue weighted by molar-refractivity contribution is 6.13. The second kappa shape index (κ2) is 5.83. The molecule has 92 valence electrons. The van der Waals surface area contributed by atoms with Crippen LogP contribution in [-0.4, -0.2) is 35.8 Å². The minimum Gasteiger partial charge on any atom is -0.480 e. The van der Waals surface area contributed by atoms with Gasteiger partial charge < -0.3 is 4.74 Å². The van der Waals surface area contributed by atoms with Gasteiger partial charge in [0.2, 0.25) is 5.91 Å². The van der Waals surface area contributed by atoms with Crippen molar-refractivity contribution in [1.29, 1.82) is 0 Å². The van der Waals surface area contributed by atoms with Crippen molar-refractivity contribution >= 4 is 17.7 Å². The Bertz CT molecular complexity index is 369. The summed E-state index contributed by atoms with van der Waals surface area (Å²) in [6.45, 7) is 5.71. The van der Waals surface area contributed by atoms with Gasteiger partial charge in [0.1, 0.15) is 0 Å². The minimum atomic E-state index is -0.397. The molecule has 3 amide bonds. The van der Waals surface area contributed by atoms with Crippen molar-refractivity contribution in [2.45, 2.75) is 13.3 Å². The van der Waals surface area contributed by atoms with E-state index in [9.17, 15) is 14.4 Å². The second-order valence-corrected chi connectivity index (χ2v) is 3.32. The molecule has 0 spiro atoms. The third kappa shape index (κ3) is 3.75. The van der Waals surface area contributed by atoms with Gasteiger partial charge in [0.25, 0.3) is 11.8 Å². The summed E-state index contributed by atoms with van der Waals surface area (Å²) in [5, 5.41) is 2.41. The highest BCUT2D eigenvalue weighted by Crippen LogP contribution is 2.04. The van der Waals surface area contributed by atoms with Crippen molar-refractivity contribution in [2.75, 3.05) is 13.2 Å². The zero-order valence-electron chi connectivity index (χ0n) is 9.56. The Hall–Kier alpha value is -2.11. The second-order valence-electron chi connectivity index (χ2n) is 3.32. The van der Waals surface area contributed by atoms with E-state index in [2.05, 4.69) is 11.9 Å². The topological polar surface area (TPSA) is 75.7 Å². The summed E-state index contributed by atoms with van der Waals surface area (Å²) in [5.41, 5.74) is 0. The predicted octanol–water partition coefficient (Wildman–Crippen LogP) is -0.0746. The van der Waals surface area contributed by atoms with Gasteiger partial charge in [0, 0.05) is 25.1 Å². The Balaban J connectivity index is 2.31. The fourth-order valence-corrected chi connectivity index (χ4v) is 1.29. The lowest BCUT2D eigenvalue weighted by Gasteiger charge is -2.13. The van der Waals surface area contributed by atoms with E-state index < -0.39 is 11.8 Å². The van der Waals surface area contributed by atoms with E-state index in [0.717, 1.165) is 4.90 Å². The lowest BCUT2D eigenvalue weighted by atomic mass is 10.3. The molecule has 6 nitrogen and oxygen atoms in total. The molecular weight excluding hydrogens is 224 g/mol. The third-order valence-corrected chi connectivity index (χ3v) is 2.06. The number of rotatable bonds is 6. The van der Waals surface area contributed by atoms with Gasteiger partial charge in [0.05, 0.1) is 6.61 Å². The van der Waals surface area contributed by atoms with E-state index in [1.165, 1.54) is 12.2 Å². The van der Waals surface area contributed by atoms with Crippen LogP contribution in [0.4, 0.5) is 0 Å². The van der Waals surface area contributed by atoms with Crippen molar-refractivity contribution in [2.24, 2.45) is 0 Å². The van der Waals surface area contributed by atoms with Crippen LogP contribution in [0, 0.1) is 0 Å². The molecule has 1 rings (SSSR count). The van der Waals surface area contributed by atoms with E-state index in [-0.39, 0.29) is 24.8 Å². The van der Waals surface area contributed by atoms with Crippen LogP contribution in [0.25, 0.3) is 0 Å². The van der Waals surface area contributed by atoms with Crippen molar-refractivity contribution in [1.82, 2.24) is 10.2 Å². The Labute approximate surface area is 98.9 Å². The molecule has 0 atom stereocenters. The summed E-state index contributed by atoms with van der Waals surface area (Å²) in [5.74, 6) is -0.983. The van der Waals surface area contributed by atoms with Gasteiger partial charge in [0.15, 0.2) is 5.88 Å². The van der Waals surface area contributed by atoms with Gasteiger partial charge >= 0.3 is 0 Å². The van der Waals surface area contributed by atoms with Crippen molar-refractivity contribution in [3.05, 3.63) is 24.6 Å². The lowest BCUT2D eigenvalue weighted by Crippen LogP contribution is -2.34. The first-order valence-electron chi connectivity index (χ1n) is 5.19. The van der Waals surface area contributed by atoms with Crippen LogP contribution in [0.2, 0.25) is 0 Å². The Morgan fingerprint density at radius 2 is 2.00 bits per heavy atom. The standard InChI is InChI=1S/C11H14N2O4/c1-3-17-8(2)12-9(14)6-7-13-10(15)4-5-11(13)16/h4-5H,2-3,6-7H2,1H3,(H,12,14). The Morgan fingerprint density at radius 3 is 2.53 bits per heavy atom. The van der Waals surface area contributed by atoms with Crippen LogP contribution < -0.4 is 5.32 Å². The zero-order valence-corrected chi connectivity index (χ0v) is 9.56. The monoisotopic (exact) mass is 238 g/mol. The zero-order chi connectivity index (χ0) is 12.8. The molecular formula is C11H14N2O4. The lowest BCUT2D eigenvalue weighted by molar-refractivity contribution is -0.137. The number of imide groups is 1. The fraction of sp³-hybridized carbons (Fsp3) is 0.364. The summed E-state index contributed by atoms with van der Waals surface area (Å²) in [7, 11) is 0. The van der Waals surface area contributed by atoms with E-state index >= 15 is 0 Å². The molecule has 0 bridgehead atoms. The number of carbonyl (C=O) groups is 3. The van der Waals surface area contributed by atoms with Crippen molar-refractivity contribution in [3.63, 3.8) is 0 Å². The summed E-state index contributed by atoms with van der Waals surface area (Å²) in [6.07, 6.45) is 2.38. The number of hydrogen-bond donors (Lipinski definition) is 1.